The first kappa shape index (κ1) is 10.7. The fourth-order valence-corrected chi connectivity index (χ4v) is 2.37. The summed E-state index contributed by atoms with van der Waals surface area (Å²) in [6.07, 6.45) is 9.20. The van der Waals surface area contributed by atoms with Crippen LogP contribution in [-0.4, -0.2) is 15.7 Å². The van der Waals surface area contributed by atoms with Crippen LogP contribution in [0.4, 0.5) is 0 Å². The minimum atomic E-state index is 0.400. The summed E-state index contributed by atoms with van der Waals surface area (Å²) in [5.74, 6) is 0. The van der Waals surface area contributed by atoms with Gasteiger partial charge in [-0.15, -0.1) is 0 Å². The zero-order chi connectivity index (χ0) is 11.5. The van der Waals surface area contributed by atoms with Gasteiger partial charge in [0.25, 0.3) is 0 Å². The molecule has 1 aliphatic carbocycles. The number of hydrogen-bond donors (Lipinski definition) is 1. The van der Waals surface area contributed by atoms with Gasteiger partial charge >= 0.3 is 0 Å². The maximum Gasteiger partial charge on any atom is 0.0790 e. The van der Waals surface area contributed by atoms with Gasteiger partial charge in [0.05, 0.1) is 17.8 Å². The Kier molecular flexibility index (Phi) is 3.07. The number of nitrogens with one attached hydrogen (secondary N) is 1. The van der Waals surface area contributed by atoms with Crippen LogP contribution in [0.25, 0.3) is 5.52 Å². The summed E-state index contributed by atoms with van der Waals surface area (Å²) < 4.78 is 1.88. The lowest BCUT2D eigenvalue weighted by Gasteiger charge is -2.10. The van der Waals surface area contributed by atoms with Crippen LogP contribution < -0.4 is 5.48 Å². The van der Waals surface area contributed by atoms with Gasteiger partial charge < -0.3 is 0 Å². The van der Waals surface area contributed by atoms with E-state index in [-0.39, 0.29) is 0 Å². The van der Waals surface area contributed by atoms with Crippen molar-refractivity contribution in [3.8, 4) is 0 Å². The van der Waals surface area contributed by atoms with Gasteiger partial charge in [-0.25, -0.2) is 4.52 Å². The van der Waals surface area contributed by atoms with Crippen molar-refractivity contribution in [1.29, 1.82) is 0 Å². The van der Waals surface area contributed by atoms with Crippen molar-refractivity contribution in [2.24, 2.45) is 0 Å². The highest BCUT2D eigenvalue weighted by Crippen LogP contribution is 2.20. The van der Waals surface area contributed by atoms with Crippen molar-refractivity contribution >= 4 is 5.52 Å². The number of rotatable bonds is 4. The van der Waals surface area contributed by atoms with E-state index in [0.717, 1.165) is 5.52 Å². The average molecular weight is 231 g/mol. The highest BCUT2D eigenvalue weighted by atomic mass is 16.7. The van der Waals surface area contributed by atoms with E-state index in [1.54, 1.807) is 0 Å². The largest absolute Gasteiger partial charge is 0.298 e. The van der Waals surface area contributed by atoms with Crippen LogP contribution in [0.2, 0.25) is 0 Å². The average Bonchev–Trinajstić information content (AvgIpc) is 2.99. The number of fused-ring (bicyclic) bond motifs is 1. The predicted molar refractivity (Wildman–Crippen MR) is 65.4 cm³/mol. The Morgan fingerprint density at radius 2 is 2.24 bits per heavy atom. The number of aromatic nitrogens is 2. The molecule has 1 saturated carbocycles. The van der Waals surface area contributed by atoms with E-state index in [1.807, 2.05) is 29.0 Å². The first-order valence-corrected chi connectivity index (χ1v) is 6.23. The third-order valence-corrected chi connectivity index (χ3v) is 3.32. The van der Waals surface area contributed by atoms with Crippen LogP contribution in [0.5, 0.6) is 0 Å². The summed E-state index contributed by atoms with van der Waals surface area (Å²) in [5.41, 5.74) is 5.37. The van der Waals surface area contributed by atoms with Crippen LogP contribution >= 0.6 is 0 Å². The third-order valence-electron chi connectivity index (χ3n) is 3.32. The maximum atomic E-state index is 5.64. The SMILES string of the molecule is c1ccn2ncc(CNOC3CCCC3)c2c1. The normalized spacial score (nSPS) is 16.9. The van der Waals surface area contributed by atoms with Gasteiger partial charge in [0, 0.05) is 18.3 Å². The molecule has 1 N–H and O–H groups in total. The molecule has 3 rings (SSSR count). The molecule has 0 atom stereocenters. The van der Waals surface area contributed by atoms with Gasteiger partial charge in [-0.05, 0) is 25.0 Å². The Hall–Kier alpha value is -1.39. The zero-order valence-corrected chi connectivity index (χ0v) is 9.80. The fraction of sp³-hybridized carbons (Fsp3) is 0.462. The Bertz CT molecular complexity index is 488. The van der Waals surface area contributed by atoms with Crippen molar-refractivity contribution < 1.29 is 4.84 Å². The number of nitrogens with zero attached hydrogens (tertiary/aromatic N) is 2. The number of hydroxylamine groups is 1. The Labute approximate surface area is 101 Å². The molecular weight excluding hydrogens is 214 g/mol. The second-order valence-electron chi connectivity index (χ2n) is 4.55. The smallest absolute Gasteiger partial charge is 0.0790 e. The molecule has 0 aliphatic heterocycles. The summed E-state index contributed by atoms with van der Waals surface area (Å²) in [6, 6.07) is 6.07. The minimum absolute atomic E-state index is 0.400. The van der Waals surface area contributed by atoms with Gasteiger partial charge in [0.2, 0.25) is 0 Å². The van der Waals surface area contributed by atoms with Crippen molar-refractivity contribution in [2.45, 2.75) is 38.3 Å². The van der Waals surface area contributed by atoms with Crippen LogP contribution in [0.3, 0.4) is 0 Å². The standard InChI is InChI=1S/C13H17N3O/c1-2-6-12(5-1)17-15-10-11-9-14-16-8-4-3-7-13(11)16/h3-4,7-9,12,15H,1-2,5-6,10H2. The van der Waals surface area contributed by atoms with Crippen molar-refractivity contribution in [3.63, 3.8) is 0 Å². The highest BCUT2D eigenvalue weighted by Gasteiger charge is 2.15. The molecule has 2 heterocycles. The van der Waals surface area contributed by atoms with E-state index in [1.165, 1.54) is 31.2 Å². The van der Waals surface area contributed by atoms with Gasteiger partial charge in [-0.3, -0.25) is 4.84 Å². The molecule has 4 nitrogen and oxygen atoms in total. The Balaban J connectivity index is 1.60. The molecule has 2 aromatic heterocycles. The second kappa shape index (κ2) is 4.85. The van der Waals surface area contributed by atoms with Crippen molar-refractivity contribution in [1.82, 2.24) is 15.1 Å². The first-order valence-electron chi connectivity index (χ1n) is 6.23. The molecule has 4 heteroatoms. The molecule has 1 fully saturated rings. The van der Waals surface area contributed by atoms with Crippen LogP contribution in [0.1, 0.15) is 31.2 Å². The molecule has 0 radical (unpaired) electrons. The molecule has 0 amide bonds. The molecule has 0 bridgehead atoms. The van der Waals surface area contributed by atoms with Gasteiger partial charge in [0.15, 0.2) is 0 Å². The van der Waals surface area contributed by atoms with Gasteiger partial charge in [-0.2, -0.15) is 10.6 Å². The van der Waals surface area contributed by atoms with Crippen molar-refractivity contribution in [2.75, 3.05) is 0 Å². The second-order valence-corrected chi connectivity index (χ2v) is 4.55. The third kappa shape index (κ3) is 2.33. The van der Waals surface area contributed by atoms with E-state index in [2.05, 4.69) is 16.6 Å². The highest BCUT2D eigenvalue weighted by molar-refractivity contribution is 5.53. The molecular formula is C13H17N3O. The maximum absolute atomic E-state index is 5.64. The molecule has 2 aromatic rings. The molecule has 0 saturated heterocycles. The Morgan fingerprint density at radius 3 is 3.12 bits per heavy atom. The summed E-state index contributed by atoms with van der Waals surface area (Å²) in [6.45, 7) is 0.712. The van der Waals surface area contributed by atoms with E-state index < -0.39 is 0 Å². The van der Waals surface area contributed by atoms with E-state index >= 15 is 0 Å². The van der Waals surface area contributed by atoms with E-state index in [4.69, 9.17) is 4.84 Å². The van der Waals surface area contributed by atoms with Crippen LogP contribution in [-0.2, 0) is 11.4 Å². The first-order chi connectivity index (χ1) is 8.43. The van der Waals surface area contributed by atoms with E-state index in [9.17, 15) is 0 Å². The Morgan fingerprint density at radius 1 is 1.35 bits per heavy atom. The fourth-order valence-electron chi connectivity index (χ4n) is 2.37. The number of pyridine rings is 1. The monoisotopic (exact) mass is 231 g/mol. The van der Waals surface area contributed by atoms with Crippen LogP contribution in [0, 0.1) is 0 Å². The molecule has 0 aromatic carbocycles. The summed E-state index contributed by atoms with van der Waals surface area (Å²) in [4.78, 5) is 5.64. The lowest BCUT2D eigenvalue weighted by molar-refractivity contribution is -0.0242. The van der Waals surface area contributed by atoms with Gasteiger partial charge in [0.1, 0.15) is 0 Å². The quantitative estimate of drug-likeness (QED) is 0.820. The minimum Gasteiger partial charge on any atom is -0.298 e. The molecule has 0 spiro atoms. The molecule has 1 aliphatic rings. The lowest BCUT2D eigenvalue weighted by Crippen LogP contribution is -2.21. The van der Waals surface area contributed by atoms with E-state index in [0.29, 0.717) is 12.6 Å². The van der Waals surface area contributed by atoms with Crippen molar-refractivity contribution in [3.05, 3.63) is 36.2 Å². The zero-order valence-electron chi connectivity index (χ0n) is 9.80. The number of hydrogen-bond acceptors (Lipinski definition) is 3. The molecule has 17 heavy (non-hydrogen) atoms. The van der Waals surface area contributed by atoms with Crippen LogP contribution in [0.15, 0.2) is 30.6 Å². The molecule has 90 valence electrons. The summed E-state index contributed by atoms with van der Waals surface area (Å²) >= 11 is 0. The lowest BCUT2D eigenvalue weighted by atomic mass is 10.3. The summed E-state index contributed by atoms with van der Waals surface area (Å²) in [5, 5.41) is 4.29. The summed E-state index contributed by atoms with van der Waals surface area (Å²) in [7, 11) is 0. The molecule has 0 unspecified atom stereocenters. The van der Waals surface area contributed by atoms with Gasteiger partial charge in [-0.1, -0.05) is 18.9 Å². The topological polar surface area (TPSA) is 38.6 Å². The predicted octanol–water partition coefficient (Wildman–Crippen LogP) is 2.30.